The Hall–Kier alpha value is -0.300. The van der Waals surface area contributed by atoms with Gasteiger partial charge < -0.3 is 5.32 Å². The monoisotopic (exact) mass is 223 g/mol. The molecule has 0 heterocycles. The Morgan fingerprint density at radius 2 is 2.00 bits per heavy atom. The Kier molecular flexibility index (Phi) is 7.58. The van der Waals surface area contributed by atoms with Gasteiger partial charge in [0.2, 0.25) is 0 Å². The highest BCUT2D eigenvalue weighted by atomic mass is 14.9. The molecule has 0 aromatic heterocycles. The highest BCUT2D eigenvalue weighted by Crippen LogP contribution is 2.26. The van der Waals surface area contributed by atoms with E-state index in [1.165, 1.54) is 64.3 Å². The van der Waals surface area contributed by atoms with E-state index in [4.69, 9.17) is 0 Å². The lowest BCUT2D eigenvalue weighted by molar-refractivity contribution is 0.255. The minimum Gasteiger partial charge on any atom is -0.314 e. The Morgan fingerprint density at radius 3 is 2.75 bits per heavy atom. The van der Waals surface area contributed by atoms with E-state index in [9.17, 15) is 0 Å². The second kappa shape index (κ2) is 8.81. The molecule has 2 unspecified atom stereocenters. The van der Waals surface area contributed by atoms with Gasteiger partial charge in [0.1, 0.15) is 0 Å². The topological polar surface area (TPSA) is 12.0 Å². The quantitative estimate of drug-likeness (QED) is 0.478. The molecule has 2 atom stereocenters. The van der Waals surface area contributed by atoms with Crippen LogP contribution in [0.5, 0.6) is 0 Å². The zero-order chi connectivity index (χ0) is 11.6. The zero-order valence-corrected chi connectivity index (χ0v) is 11.0. The molecule has 1 saturated carbocycles. The SMILES string of the molecule is C=CCCCCCNC1CCCCC1CC. The summed E-state index contributed by atoms with van der Waals surface area (Å²) in [5.41, 5.74) is 0. The van der Waals surface area contributed by atoms with Crippen LogP contribution < -0.4 is 5.32 Å². The summed E-state index contributed by atoms with van der Waals surface area (Å²) in [6.07, 6.45) is 14.3. The molecule has 1 aliphatic carbocycles. The minimum absolute atomic E-state index is 0.818. The Morgan fingerprint density at radius 1 is 1.19 bits per heavy atom. The third-order valence-corrected chi connectivity index (χ3v) is 3.93. The molecule has 0 spiro atoms. The van der Waals surface area contributed by atoms with Crippen molar-refractivity contribution in [1.29, 1.82) is 0 Å². The molecule has 0 radical (unpaired) electrons. The molecule has 0 amide bonds. The summed E-state index contributed by atoms with van der Waals surface area (Å²) >= 11 is 0. The minimum atomic E-state index is 0.818. The first kappa shape index (κ1) is 13.8. The van der Waals surface area contributed by atoms with E-state index in [2.05, 4.69) is 18.8 Å². The first-order valence-electron chi connectivity index (χ1n) is 7.22. The smallest absolute Gasteiger partial charge is 0.00952 e. The molecule has 0 saturated heterocycles. The van der Waals surface area contributed by atoms with Crippen molar-refractivity contribution in [2.75, 3.05) is 6.54 Å². The fraction of sp³-hybridized carbons (Fsp3) is 0.867. The second-order valence-electron chi connectivity index (χ2n) is 5.15. The maximum absolute atomic E-state index is 3.77. The summed E-state index contributed by atoms with van der Waals surface area (Å²) < 4.78 is 0. The number of allylic oxidation sites excluding steroid dienone is 1. The van der Waals surface area contributed by atoms with E-state index in [0.717, 1.165) is 12.0 Å². The number of nitrogens with one attached hydrogen (secondary N) is 1. The van der Waals surface area contributed by atoms with Crippen molar-refractivity contribution >= 4 is 0 Å². The molecule has 1 fully saturated rings. The van der Waals surface area contributed by atoms with Gasteiger partial charge >= 0.3 is 0 Å². The highest BCUT2D eigenvalue weighted by molar-refractivity contribution is 4.79. The lowest BCUT2D eigenvalue weighted by Crippen LogP contribution is -2.38. The molecule has 16 heavy (non-hydrogen) atoms. The zero-order valence-electron chi connectivity index (χ0n) is 11.0. The van der Waals surface area contributed by atoms with Gasteiger partial charge in [-0.2, -0.15) is 0 Å². The Bertz CT molecular complexity index is 176. The summed E-state index contributed by atoms with van der Waals surface area (Å²) in [5.74, 6) is 0.946. The molecule has 0 aliphatic heterocycles. The number of hydrogen-bond acceptors (Lipinski definition) is 1. The lowest BCUT2D eigenvalue weighted by Gasteiger charge is -2.31. The average Bonchev–Trinajstić information content (AvgIpc) is 2.34. The summed E-state index contributed by atoms with van der Waals surface area (Å²) in [5, 5.41) is 3.77. The van der Waals surface area contributed by atoms with Crippen LogP contribution in [-0.4, -0.2) is 12.6 Å². The molecule has 1 heteroatoms. The van der Waals surface area contributed by atoms with Crippen LogP contribution in [0.2, 0.25) is 0 Å². The van der Waals surface area contributed by atoms with Crippen molar-refractivity contribution in [2.45, 2.75) is 70.8 Å². The third kappa shape index (κ3) is 5.16. The average molecular weight is 223 g/mol. The van der Waals surface area contributed by atoms with Gasteiger partial charge in [0.15, 0.2) is 0 Å². The molecular formula is C15H29N. The van der Waals surface area contributed by atoms with Crippen LogP contribution in [0.25, 0.3) is 0 Å². The van der Waals surface area contributed by atoms with E-state index < -0.39 is 0 Å². The second-order valence-corrected chi connectivity index (χ2v) is 5.15. The van der Waals surface area contributed by atoms with Gasteiger partial charge in [-0.3, -0.25) is 0 Å². The normalized spacial score (nSPS) is 25.6. The predicted molar refractivity (Wildman–Crippen MR) is 72.7 cm³/mol. The van der Waals surface area contributed by atoms with Crippen molar-refractivity contribution in [2.24, 2.45) is 5.92 Å². The predicted octanol–water partition coefficient (Wildman–Crippen LogP) is 4.29. The molecule has 1 nitrogen and oxygen atoms in total. The van der Waals surface area contributed by atoms with Crippen molar-refractivity contribution in [1.82, 2.24) is 5.32 Å². The number of rotatable bonds is 8. The van der Waals surface area contributed by atoms with Gasteiger partial charge in [0.25, 0.3) is 0 Å². The van der Waals surface area contributed by atoms with Crippen molar-refractivity contribution in [3.05, 3.63) is 12.7 Å². The fourth-order valence-corrected chi connectivity index (χ4v) is 2.84. The van der Waals surface area contributed by atoms with Gasteiger partial charge in [0.05, 0.1) is 0 Å². The van der Waals surface area contributed by atoms with E-state index >= 15 is 0 Å². The van der Waals surface area contributed by atoms with Crippen LogP contribution in [0.15, 0.2) is 12.7 Å². The van der Waals surface area contributed by atoms with Gasteiger partial charge in [-0.15, -0.1) is 6.58 Å². The van der Waals surface area contributed by atoms with E-state index in [1.807, 2.05) is 6.08 Å². The lowest BCUT2D eigenvalue weighted by atomic mass is 9.83. The van der Waals surface area contributed by atoms with Crippen molar-refractivity contribution in [3.63, 3.8) is 0 Å². The summed E-state index contributed by atoms with van der Waals surface area (Å²) in [6, 6.07) is 0.818. The Labute approximate surface area is 102 Å². The van der Waals surface area contributed by atoms with Crippen LogP contribution in [-0.2, 0) is 0 Å². The van der Waals surface area contributed by atoms with Crippen LogP contribution in [0.1, 0.15) is 64.7 Å². The van der Waals surface area contributed by atoms with Crippen LogP contribution >= 0.6 is 0 Å². The van der Waals surface area contributed by atoms with E-state index in [-0.39, 0.29) is 0 Å². The maximum Gasteiger partial charge on any atom is 0.00952 e. The Balaban J connectivity index is 2.03. The molecule has 0 aromatic rings. The third-order valence-electron chi connectivity index (χ3n) is 3.93. The number of hydrogen-bond donors (Lipinski definition) is 1. The van der Waals surface area contributed by atoms with Crippen molar-refractivity contribution < 1.29 is 0 Å². The number of unbranched alkanes of at least 4 members (excludes halogenated alkanes) is 3. The molecule has 1 aliphatic rings. The highest BCUT2D eigenvalue weighted by Gasteiger charge is 2.22. The largest absolute Gasteiger partial charge is 0.314 e. The molecule has 94 valence electrons. The van der Waals surface area contributed by atoms with E-state index in [0.29, 0.717) is 0 Å². The molecule has 1 N–H and O–H groups in total. The van der Waals surface area contributed by atoms with Crippen LogP contribution in [0, 0.1) is 5.92 Å². The van der Waals surface area contributed by atoms with E-state index in [1.54, 1.807) is 0 Å². The van der Waals surface area contributed by atoms with Gasteiger partial charge in [-0.1, -0.05) is 38.7 Å². The fourth-order valence-electron chi connectivity index (χ4n) is 2.84. The van der Waals surface area contributed by atoms with Gasteiger partial charge in [-0.05, 0) is 44.6 Å². The summed E-state index contributed by atoms with van der Waals surface area (Å²) in [4.78, 5) is 0. The first-order valence-corrected chi connectivity index (χ1v) is 7.22. The van der Waals surface area contributed by atoms with Crippen LogP contribution in [0.3, 0.4) is 0 Å². The van der Waals surface area contributed by atoms with Gasteiger partial charge in [0, 0.05) is 6.04 Å². The van der Waals surface area contributed by atoms with Crippen LogP contribution in [0.4, 0.5) is 0 Å². The maximum atomic E-state index is 3.77. The summed E-state index contributed by atoms with van der Waals surface area (Å²) in [7, 11) is 0. The molecule has 0 aromatic carbocycles. The molecule has 1 rings (SSSR count). The molecule has 0 bridgehead atoms. The summed E-state index contributed by atoms with van der Waals surface area (Å²) in [6.45, 7) is 7.32. The molecular weight excluding hydrogens is 194 g/mol. The van der Waals surface area contributed by atoms with Gasteiger partial charge in [-0.25, -0.2) is 0 Å². The first-order chi connectivity index (χ1) is 7.88. The standard InChI is InChI=1S/C15H29N/c1-3-5-6-7-10-13-16-15-12-9-8-11-14(15)4-2/h3,14-16H,1,4-13H2,2H3. The van der Waals surface area contributed by atoms with Crippen molar-refractivity contribution in [3.8, 4) is 0 Å².